The van der Waals surface area contributed by atoms with E-state index in [4.69, 9.17) is 5.21 Å². The van der Waals surface area contributed by atoms with E-state index in [0.717, 1.165) is 12.8 Å². The van der Waals surface area contributed by atoms with Gasteiger partial charge in [0.2, 0.25) is 5.95 Å². The molecule has 1 aromatic rings. The van der Waals surface area contributed by atoms with Crippen molar-refractivity contribution in [2.24, 2.45) is 5.92 Å². The number of fused-ring (bicyclic) bond motifs is 2. The molecule has 0 radical (unpaired) electrons. The lowest BCUT2D eigenvalue weighted by molar-refractivity contribution is 0.0705. The van der Waals surface area contributed by atoms with Gasteiger partial charge in [-0.25, -0.2) is 20.2 Å². The summed E-state index contributed by atoms with van der Waals surface area (Å²) in [4.78, 5) is 34.9. The van der Waals surface area contributed by atoms with Crippen LogP contribution in [-0.4, -0.2) is 61.9 Å². The molecule has 0 saturated carbocycles. The number of likely N-dealkylation sites (tertiary alicyclic amines) is 1. The Bertz CT molecular complexity index is 650. The molecule has 9 heteroatoms. The predicted molar refractivity (Wildman–Crippen MR) is 84.0 cm³/mol. The van der Waals surface area contributed by atoms with Crippen molar-refractivity contribution < 1.29 is 19.9 Å². The summed E-state index contributed by atoms with van der Waals surface area (Å²) in [5.74, 6) is 0.218. The maximum Gasteiger partial charge on any atom is 0.407 e. The Morgan fingerprint density at radius 3 is 2.62 bits per heavy atom. The number of carbonyl (C=O) groups is 2. The maximum absolute atomic E-state index is 11.4. The second-order valence-corrected chi connectivity index (χ2v) is 6.91. The summed E-state index contributed by atoms with van der Waals surface area (Å²) in [5.41, 5.74) is 1.40. The van der Waals surface area contributed by atoms with E-state index in [9.17, 15) is 14.7 Å². The highest BCUT2D eigenvalue weighted by atomic mass is 16.5. The van der Waals surface area contributed by atoms with E-state index in [-0.39, 0.29) is 17.1 Å². The van der Waals surface area contributed by atoms with E-state index in [1.54, 1.807) is 5.48 Å². The number of nitrogens with zero attached hydrogens (tertiary/aromatic N) is 4. The fourth-order valence-electron chi connectivity index (χ4n) is 4.00. The molecule has 3 heterocycles. The molecular formula is C15H21N5O4. The Labute approximate surface area is 139 Å². The van der Waals surface area contributed by atoms with Gasteiger partial charge in [-0.15, -0.1) is 0 Å². The van der Waals surface area contributed by atoms with Gasteiger partial charge < -0.3 is 14.9 Å². The zero-order chi connectivity index (χ0) is 17.5. The zero-order valence-corrected chi connectivity index (χ0v) is 13.6. The highest BCUT2D eigenvalue weighted by molar-refractivity contribution is 5.92. The third-order valence-corrected chi connectivity index (χ3v) is 4.76. The molecule has 3 rings (SSSR count). The minimum Gasteiger partial charge on any atom is -0.465 e. The molecule has 0 aliphatic carbocycles. The average molecular weight is 335 g/mol. The largest absolute Gasteiger partial charge is 0.465 e. The van der Waals surface area contributed by atoms with Crippen LogP contribution in [0.4, 0.5) is 10.7 Å². The molecule has 130 valence electrons. The van der Waals surface area contributed by atoms with Gasteiger partial charge in [0.15, 0.2) is 0 Å². The molecule has 0 spiro atoms. The summed E-state index contributed by atoms with van der Waals surface area (Å²) in [6, 6.07) is -0.0646. The van der Waals surface area contributed by atoms with Crippen molar-refractivity contribution in [3.63, 3.8) is 0 Å². The molecule has 9 nitrogen and oxygen atoms in total. The van der Waals surface area contributed by atoms with Gasteiger partial charge in [0, 0.05) is 25.5 Å². The number of carbonyl (C=O) groups excluding carboxylic acids is 1. The SMILES string of the molecule is CC(C)CC12C[C@@H](CN1c1ncc(C(=O)NO)cn1)N(C(=O)O)C2. The monoisotopic (exact) mass is 335 g/mol. The normalized spacial score (nSPS) is 25.4. The maximum atomic E-state index is 11.4. The first-order chi connectivity index (χ1) is 11.4. The van der Waals surface area contributed by atoms with Crippen LogP contribution in [-0.2, 0) is 0 Å². The molecular weight excluding hydrogens is 314 g/mol. The highest BCUT2D eigenvalue weighted by Crippen LogP contribution is 2.45. The number of piperazine rings is 1. The summed E-state index contributed by atoms with van der Waals surface area (Å²) >= 11 is 0. The summed E-state index contributed by atoms with van der Waals surface area (Å²) in [5, 5.41) is 18.0. The Kier molecular flexibility index (Phi) is 4.04. The van der Waals surface area contributed by atoms with Crippen LogP contribution in [0.3, 0.4) is 0 Å². The van der Waals surface area contributed by atoms with Gasteiger partial charge in [0.25, 0.3) is 5.91 Å². The third kappa shape index (κ3) is 2.64. The predicted octanol–water partition coefficient (Wildman–Crippen LogP) is 0.953. The lowest BCUT2D eigenvalue weighted by atomic mass is 9.88. The van der Waals surface area contributed by atoms with Crippen molar-refractivity contribution in [1.82, 2.24) is 20.3 Å². The molecule has 1 unspecified atom stereocenters. The van der Waals surface area contributed by atoms with Gasteiger partial charge in [-0.2, -0.15) is 0 Å². The van der Waals surface area contributed by atoms with Gasteiger partial charge in [0.1, 0.15) is 0 Å². The number of hydroxylamine groups is 1. The van der Waals surface area contributed by atoms with Crippen LogP contribution in [0.5, 0.6) is 0 Å². The smallest absolute Gasteiger partial charge is 0.407 e. The van der Waals surface area contributed by atoms with Crippen LogP contribution >= 0.6 is 0 Å². The van der Waals surface area contributed by atoms with Crippen LogP contribution in [0.25, 0.3) is 0 Å². The fourth-order valence-corrected chi connectivity index (χ4v) is 4.00. The molecule has 2 aliphatic heterocycles. The van der Waals surface area contributed by atoms with Crippen LogP contribution in [0, 0.1) is 5.92 Å². The molecule has 3 N–H and O–H groups in total. The Morgan fingerprint density at radius 2 is 2.08 bits per heavy atom. The number of nitrogens with one attached hydrogen (secondary N) is 1. The zero-order valence-electron chi connectivity index (χ0n) is 13.6. The fraction of sp³-hybridized carbons (Fsp3) is 0.600. The lowest BCUT2D eigenvalue weighted by Crippen LogP contribution is -2.56. The van der Waals surface area contributed by atoms with E-state index in [0.29, 0.717) is 25.0 Å². The molecule has 24 heavy (non-hydrogen) atoms. The standard InChI is InChI=1S/C15H21N5O4/c1-9(2)3-15-4-11(19(8-15)14(22)23)7-20(15)13-16-5-10(6-17-13)12(21)18-24/h5-6,9,11,24H,3-4,7-8H2,1-2H3,(H,18,21)(H,22,23)/t11-,15?/m0/s1. The van der Waals surface area contributed by atoms with Crippen molar-refractivity contribution in [3.05, 3.63) is 18.0 Å². The minimum absolute atomic E-state index is 0.0646. The van der Waals surface area contributed by atoms with E-state index in [1.807, 2.05) is 0 Å². The van der Waals surface area contributed by atoms with Crippen LogP contribution in [0.1, 0.15) is 37.0 Å². The molecule has 1 aromatic heterocycles. The second kappa shape index (κ2) is 5.90. The van der Waals surface area contributed by atoms with Crippen molar-refractivity contribution in [2.45, 2.75) is 38.3 Å². The van der Waals surface area contributed by atoms with E-state index < -0.39 is 12.0 Å². The molecule has 0 aromatic carbocycles. The van der Waals surface area contributed by atoms with Crippen molar-refractivity contribution in [1.29, 1.82) is 0 Å². The Hall–Kier alpha value is -2.42. The number of aromatic nitrogens is 2. The quantitative estimate of drug-likeness (QED) is 0.553. The molecule has 2 saturated heterocycles. The number of hydrogen-bond donors (Lipinski definition) is 3. The Morgan fingerprint density at radius 1 is 1.42 bits per heavy atom. The summed E-state index contributed by atoms with van der Waals surface area (Å²) < 4.78 is 0. The summed E-state index contributed by atoms with van der Waals surface area (Å²) in [6.07, 6.45) is 3.44. The van der Waals surface area contributed by atoms with Crippen LogP contribution in [0.2, 0.25) is 0 Å². The van der Waals surface area contributed by atoms with Crippen LogP contribution < -0.4 is 10.4 Å². The van der Waals surface area contributed by atoms with Gasteiger partial charge in [0.05, 0.1) is 17.1 Å². The highest BCUT2D eigenvalue weighted by Gasteiger charge is 2.56. The van der Waals surface area contributed by atoms with E-state index in [2.05, 4.69) is 28.7 Å². The lowest BCUT2D eigenvalue weighted by Gasteiger charge is -2.42. The number of amides is 2. The van der Waals surface area contributed by atoms with Crippen molar-refractivity contribution in [3.8, 4) is 0 Å². The van der Waals surface area contributed by atoms with Crippen molar-refractivity contribution >= 4 is 17.9 Å². The number of rotatable bonds is 4. The van der Waals surface area contributed by atoms with Gasteiger partial charge >= 0.3 is 6.09 Å². The van der Waals surface area contributed by atoms with Gasteiger partial charge in [-0.1, -0.05) is 13.8 Å². The summed E-state index contributed by atoms with van der Waals surface area (Å²) in [6.45, 7) is 5.20. The van der Waals surface area contributed by atoms with Gasteiger partial charge in [-0.05, 0) is 18.8 Å². The Balaban J connectivity index is 1.88. The molecule has 2 amide bonds. The third-order valence-electron chi connectivity index (χ3n) is 4.76. The number of carboxylic acid groups (broad SMARTS) is 1. The second-order valence-electron chi connectivity index (χ2n) is 6.91. The molecule has 2 fully saturated rings. The molecule has 2 atom stereocenters. The van der Waals surface area contributed by atoms with Crippen molar-refractivity contribution in [2.75, 3.05) is 18.0 Å². The molecule has 2 aliphatic rings. The first-order valence-corrected chi connectivity index (χ1v) is 7.90. The van der Waals surface area contributed by atoms with E-state index >= 15 is 0 Å². The van der Waals surface area contributed by atoms with Crippen LogP contribution in [0.15, 0.2) is 12.4 Å². The first-order valence-electron chi connectivity index (χ1n) is 7.90. The topological polar surface area (TPSA) is 119 Å². The first kappa shape index (κ1) is 16.4. The van der Waals surface area contributed by atoms with E-state index in [1.165, 1.54) is 17.3 Å². The van der Waals surface area contributed by atoms with Gasteiger partial charge in [-0.3, -0.25) is 10.0 Å². The molecule has 2 bridgehead atoms. The average Bonchev–Trinajstić information content (AvgIpc) is 3.08. The number of anilines is 1. The summed E-state index contributed by atoms with van der Waals surface area (Å²) in [7, 11) is 0. The minimum atomic E-state index is -0.888. The number of hydrogen-bond acceptors (Lipinski definition) is 6.